The van der Waals surface area contributed by atoms with Gasteiger partial charge in [0.25, 0.3) is 5.91 Å². The van der Waals surface area contributed by atoms with Crippen LogP contribution in [0, 0.1) is 5.92 Å². The first-order chi connectivity index (χ1) is 13.0. The highest BCUT2D eigenvalue weighted by Crippen LogP contribution is 2.31. The average molecular weight is 390 g/mol. The Hall–Kier alpha value is -1.59. The quantitative estimate of drug-likeness (QED) is 0.864. The molecule has 0 aliphatic carbocycles. The molecule has 3 saturated heterocycles. The summed E-state index contributed by atoms with van der Waals surface area (Å²) in [4.78, 5) is 29.7. The molecule has 3 aliphatic heterocycles. The molecule has 0 aromatic heterocycles. The first-order valence-corrected chi connectivity index (χ1v) is 10.5. The van der Waals surface area contributed by atoms with Gasteiger partial charge >= 0.3 is 0 Å². The Morgan fingerprint density at radius 3 is 2.44 bits per heavy atom. The summed E-state index contributed by atoms with van der Waals surface area (Å²) in [6.45, 7) is 1.23. The number of hydrogen-bond donors (Lipinski definition) is 1. The van der Waals surface area contributed by atoms with E-state index in [9.17, 15) is 9.59 Å². The molecule has 3 aliphatic rings. The molecule has 3 atom stereocenters. The van der Waals surface area contributed by atoms with E-state index in [1.54, 1.807) is 24.3 Å². The van der Waals surface area contributed by atoms with Gasteiger partial charge < -0.3 is 15.1 Å². The Bertz CT molecular complexity index is 696. The molecule has 2 amide bonds. The third-order valence-corrected chi connectivity index (χ3v) is 6.74. The fourth-order valence-electron chi connectivity index (χ4n) is 4.95. The molecule has 3 fully saturated rings. The summed E-state index contributed by atoms with van der Waals surface area (Å²) in [5.41, 5.74) is 0.635. The van der Waals surface area contributed by atoms with Crippen LogP contribution >= 0.6 is 11.6 Å². The molecule has 6 heteroatoms. The van der Waals surface area contributed by atoms with Gasteiger partial charge in [-0.05, 0) is 62.8 Å². The van der Waals surface area contributed by atoms with E-state index >= 15 is 0 Å². The van der Waals surface area contributed by atoms with E-state index in [1.807, 2.05) is 16.8 Å². The van der Waals surface area contributed by atoms with Gasteiger partial charge in [0.05, 0.1) is 5.92 Å². The van der Waals surface area contributed by atoms with E-state index in [0.717, 1.165) is 25.7 Å². The van der Waals surface area contributed by atoms with Crippen LogP contribution in [0.5, 0.6) is 0 Å². The standard InChI is InChI=1S/C21H28ClN3O2/c1-24(19-11-17-8-9-18(12-19)23-17)20(26)15-3-2-10-25(13-15)21(27)14-4-6-16(22)7-5-14/h4-7,15,17-19,23H,2-3,8-13H2,1H3. The second kappa shape index (κ2) is 7.80. The summed E-state index contributed by atoms with van der Waals surface area (Å²) >= 11 is 5.92. The molecule has 0 saturated carbocycles. The maximum absolute atomic E-state index is 13.1. The van der Waals surface area contributed by atoms with Gasteiger partial charge in [-0.2, -0.15) is 0 Å². The Morgan fingerprint density at radius 1 is 1.11 bits per heavy atom. The van der Waals surface area contributed by atoms with E-state index in [2.05, 4.69) is 5.32 Å². The summed E-state index contributed by atoms with van der Waals surface area (Å²) in [6.07, 6.45) is 6.32. The number of carbonyl (C=O) groups excluding carboxylic acids is 2. The molecule has 1 aromatic carbocycles. The van der Waals surface area contributed by atoms with Crippen LogP contribution in [0.25, 0.3) is 0 Å². The van der Waals surface area contributed by atoms with Crippen molar-refractivity contribution in [2.45, 2.75) is 56.7 Å². The maximum atomic E-state index is 13.1. The molecule has 1 aromatic rings. The molecule has 1 N–H and O–H groups in total. The molecule has 3 unspecified atom stereocenters. The molecular weight excluding hydrogens is 362 g/mol. The lowest BCUT2D eigenvalue weighted by Gasteiger charge is -2.39. The van der Waals surface area contributed by atoms with Crippen LogP contribution in [0.1, 0.15) is 48.9 Å². The zero-order chi connectivity index (χ0) is 19.0. The second-order valence-electron chi connectivity index (χ2n) is 8.31. The van der Waals surface area contributed by atoms with Gasteiger partial charge in [0, 0.05) is 48.8 Å². The molecule has 4 rings (SSSR count). The van der Waals surface area contributed by atoms with Gasteiger partial charge in [0.15, 0.2) is 0 Å². The fourth-order valence-corrected chi connectivity index (χ4v) is 5.08. The lowest BCUT2D eigenvalue weighted by Crippen LogP contribution is -2.52. The minimum absolute atomic E-state index is 0.00766. The first-order valence-electron chi connectivity index (χ1n) is 10.1. The van der Waals surface area contributed by atoms with Crippen molar-refractivity contribution in [3.05, 3.63) is 34.9 Å². The number of nitrogens with zero attached hydrogens (tertiary/aromatic N) is 2. The van der Waals surface area contributed by atoms with Crippen molar-refractivity contribution >= 4 is 23.4 Å². The van der Waals surface area contributed by atoms with Crippen molar-refractivity contribution in [3.8, 4) is 0 Å². The number of carbonyl (C=O) groups is 2. The van der Waals surface area contributed by atoms with Crippen molar-refractivity contribution in [2.24, 2.45) is 5.92 Å². The minimum atomic E-state index is -0.0902. The highest BCUT2D eigenvalue weighted by atomic mass is 35.5. The third-order valence-electron chi connectivity index (χ3n) is 6.49. The second-order valence-corrected chi connectivity index (χ2v) is 8.75. The Kier molecular flexibility index (Phi) is 5.42. The number of benzene rings is 1. The Morgan fingerprint density at radius 2 is 1.78 bits per heavy atom. The van der Waals surface area contributed by atoms with E-state index in [1.165, 1.54) is 12.8 Å². The maximum Gasteiger partial charge on any atom is 0.253 e. The highest BCUT2D eigenvalue weighted by molar-refractivity contribution is 6.30. The lowest BCUT2D eigenvalue weighted by atomic mass is 9.93. The lowest BCUT2D eigenvalue weighted by molar-refractivity contribution is -0.138. The summed E-state index contributed by atoms with van der Waals surface area (Å²) in [7, 11) is 1.96. The Balaban J connectivity index is 1.39. The number of likely N-dealkylation sites (tertiary alicyclic amines) is 1. The van der Waals surface area contributed by atoms with Crippen LogP contribution in [-0.4, -0.2) is 59.9 Å². The van der Waals surface area contributed by atoms with Crippen LogP contribution in [0.3, 0.4) is 0 Å². The Labute approximate surface area is 166 Å². The summed E-state index contributed by atoms with van der Waals surface area (Å²) in [5, 5.41) is 4.26. The molecule has 2 bridgehead atoms. The largest absolute Gasteiger partial charge is 0.342 e. The normalized spacial score (nSPS) is 30.2. The number of hydrogen-bond acceptors (Lipinski definition) is 3. The highest BCUT2D eigenvalue weighted by Gasteiger charge is 2.38. The number of piperidine rings is 2. The average Bonchev–Trinajstić information content (AvgIpc) is 3.04. The monoisotopic (exact) mass is 389 g/mol. The van der Waals surface area contributed by atoms with Gasteiger partial charge in [-0.1, -0.05) is 11.6 Å². The molecule has 5 nitrogen and oxygen atoms in total. The van der Waals surface area contributed by atoms with Crippen LogP contribution in [-0.2, 0) is 4.79 Å². The predicted molar refractivity (Wildman–Crippen MR) is 106 cm³/mol. The van der Waals surface area contributed by atoms with Crippen molar-refractivity contribution < 1.29 is 9.59 Å². The van der Waals surface area contributed by atoms with Crippen LogP contribution < -0.4 is 5.32 Å². The summed E-state index contributed by atoms with van der Waals surface area (Å²) in [5.74, 6) is 0.106. The number of rotatable bonds is 3. The molecule has 3 heterocycles. The molecule has 27 heavy (non-hydrogen) atoms. The van der Waals surface area contributed by atoms with Crippen molar-refractivity contribution in [1.29, 1.82) is 0 Å². The van der Waals surface area contributed by atoms with E-state index in [0.29, 0.717) is 41.8 Å². The molecule has 0 radical (unpaired) electrons. The van der Waals surface area contributed by atoms with Crippen LogP contribution in [0.4, 0.5) is 0 Å². The number of amides is 2. The van der Waals surface area contributed by atoms with Crippen molar-refractivity contribution in [3.63, 3.8) is 0 Å². The number of halogens is 1. The SMILES string of the molecule is CN(C(=O)C1CCCN(C(=O)c2ccc(Cl)cc2)C1)C1CC2CCC(C1)N2. The fraction of sp³-hybridized carbons (Fsp3) is 0.619. The predicted octanol–water partition coefficient (Wildman–Crippen LogP) is 2.93. The number of nitrogens with one attached hydrogen (secondary N) is 1. The zero-order valence-corrected chi connectivity index (χ0v) is 16.6. The number of fused-ring (bicyclic) bond motifs is 2. The smallest absolute Gasteiger partial charge is 0.253 e. The summed E-state index contributed by atoms with van der Waals surface area (Å²) in [6, 6.07) is 8.46. The summed E-state index contributed by atoms with van der Waals surface area (Å²) < 4.78 is 0. The van der Waals surface area contributed by atoms with Crippen molar-refractivity contribution in [1.82, 2.24) is 15.1 Å². The van der Waals surface area contributed by atoms with Gasteiger partial charge in [0.1, 0.15) is 0 Å². The minimum Gasteiger partial charge on any atom is -0.342 e. The first kappa shape index (κ1) is 18.8. The van der Waals surface area contributed by atoms with Crippen LogP contribution in [0.15, 0.2) is 24.3 Å². The molecule has 146 valence electrons. The van der Waals surface area contributed by atoms with Gasteiger partial charge in [0.2, 0.25) is 5.91 Å². The van der Waals surface area contributed by atoms with Gasteiger partial charge in [-0.25, -0.2) is 0 Å². The van der Waals surface area contributed by atoms with Gasteiger partial charge in [-0.15, -0.1) is 0 Å². The molecular formula is C21H28ClN3O2. The van der Waals surface area contributed by atoms with E-state index in [4.69, 9.17) is 11.6 Å². The van der Waals surface area contributed by atoms with E-state index in [-0.39, 0.29) is 17.7 Å². The van der Waals surface area contributed by atoms with Crippen molar-refractivity contribution in [2.75, 3.05) is 20.1 Å². The molecule has 0 spiro atoms. The zero-order valence-electron chi connectivity index (χ0n) is 15.9. The third kappa shape index (κ3) is 3.99. The van der Waals surface area contributed by atoms with Gasteiger partial charge in [-0.3, -0.25) is 9.59 Å². The van der Waals surface area contributed by atoms with Crippen LogP contribution in [0.2, 0.25) is 5.02 Å². The van der Waals surface area contributed by atoms with E-state index < -0.39 is 0 Å². The topological polar surface area (TPSA) is 52.7 Å².